The van der Waals surface area contributed by atoms with Gasteiger partial charge in [0.1, 0.15) is 0 Å². The number of hydrogen-bond acceptors (Lipinski definition) is 5. The molecule has 3 aromatic rings. The number of nitrogens with zero attached hydrogens (tertiary/aromatic N) is 2. The van der Waals surface area contributed by atoms with Crippen LogP contribution in [0, 0.1) is 0 Å². The van der Waals surface area contributed by atoms with Gasteiger partial charge in [0.2, 0.25) is 0 Å². The molecule has 1 saturated heterocycles. The molecule has 1 amide bonds. The third-order valence-electron chi connectivity index (χ3n) is 5.29. The van der Waals surface area contributed by atoms with Crippen LogP contribution in [-0.2, 0) is 16.1 Å². The standard InChI is InChI=1S/C24H23ClN2O3S/c25-22-11-10-21(31-22)16-26-12-14-27(15-13-26)23(28)17-30-24(29)20-8-6-19(7-9-20)18-4-2-1-3-5-18/h1-11H,12-17H2. The third kappa shape index (κ3) is 5.73. The summed E-state index contributed by atoms with van der Waals surface area (Å²) in [5.41, 5.74) is 2.54. The average Bonchev–Trinajstić information content (AvgIpc) is 3.23. The highest BCUT2D eigenvalue weighted by Gasteiger charge is 2.22. The number of benzene rings is 2. The summed E-state index contributed by atoms with van der Waals surface area (Å²) in [6.45, 7) is 3.43. The molecule has 0 unspecified atom stereocenters. The number of hydrogen-bond donors (Lipinski definition) is 0. The predicted octanol–water partition coefficient (Wildman–Crippen LogP) is 4.57. The molecule has 0 saturated carbocycles. The van der Waals surface area contributed by atoms with E-state index in [1.165, 1.54) is 4.88 Å². The van der Waals surface area contributed by atoms with Crippen molar-refractivity contribution < 1.29 is 14.3 Å². The molecule has 0 radical (unpaired) electrons. The quantitative estimate of drug-likeness (QED) is 0.512. The Hall–Kier alpha value is -2.67. The van der Waals surface area contributed by atoms with Crippen LogP contribution < -0.4 is 0 Å². The van der Waals surface area contributed by atoms with Crippen LogP contribution in [0.15, 0.2) is 66.7 Å². The number of piperazine rings is 1. The second-order valence-electron chi connectivity index (χ2n) is 7.38. The van der Waals surface area contributed by atoms with E-state index in [9.17, 15) is 9.59 Å². The predicted molar refractivity (Wildman–Crippen MR) is 123 cm³/mol. The van der Waals surface area contributed by atoms with Crippen LogP contribution in [0.1, 0.15) is 15.2 Å². The molecular formula is C24H23ClN2O3S. The average molecular weight is 455 g/mol. The summed E-state index contributed by atoms with van der Waals surface area (Å²) in [5.74, 6) is -0.644. The number of halogens is 1. The Morgan fingerprint density at radius 2 is 1.55 bits per heavy atom. The van der Waals surface area contributed by atoms with Crippen molar-refractivity contribution in [2.45, 2.75) is 6.54 Å². The SMILES string of the molecule is O=C(OCC(=O)N1CCN(Cc2ccc(Cl)s2)CC1)c1ccc(-c2ccccc2)cc1. The van der Waals surface area contributed by atoms with Crippen molar-refractivity contribution in [3.8, 4) is 11.1 Å². The van der Waals surface area contributed by atoms with Crippen molar-refractivity contribution in [3.63, 3.8) is 0 Å². The highest BCUT2D eigenvalue weighted by atomic mass is 35.5. The minimum Gasteiger partial charge on any atom is -0.452 e. The fraction of sp³-hybridized carbons (Fsp3) is 0.250. The minimum absolute atomic E-state index is 0.159. The van der Waals surface area contributed by atoms with Crippen molar-refractivity contribution in [2.24, 2.45) is 0 Å². The molecule has 1 aliphatic heterocycles. The second-order valence-corrected chi connectivity index (χ2v) is 9.18. The monoisotopic (exact) mass is 454 g/mol. The van der Waals surface area contributed by atoms with E-state index >= 15 is 0 Å². The van der Waals surface area contributed by atoms with Crippen LogP contribution >= 0.6 is 22.9 Å². The lowest BCUT2D eigenvalue weighted by atomic mass is 10.0. The number of thiophene rings is 1. The molecule has 0 spiro atoms. The van der Waals surface area contributed by atoms with Crippen LogP contribution in [-0.4, -0.2) is 54.5 Å². The molecule has 1 fully saturated rings. The van der Waals surface area contributed by atoms with E-state index in [0.29, 0.717) is 18.7 Å². The zero-order valence-corrected chi connectivity index (χ0v) is 18.6. The molecule has 0 bridgehead atoms. The molecule has 7 heteroatoms. The maximum absolute atomic E-state index is 12.5. The summed E-state index contributed by atoms with van der Waals surface area (Å²) in [7, 11) is 0. The molecule has 0 atom stereocenters. The first-order valence-electron chi connectivity index (χ1n) is 10.2. The number of amides is 1. The minimum atomic E-state index is -0.485. The Morgan fingerprint density at radius 1 is 0.871 bits per heavy atom. The lowest BCUT2D eigenvalue weighted by Gasteiger charge is -2.34. The topological polar surface area (TPSA) is 49.9 Å². The van der Waals surface area contributed by atoms with Gasteiger partial charge in [-0.15, -0.1) is 11.3 Å². The molecule has 160 valence electrons. The lowest BCUT2D eigenvalue weighted by molar-refractivity contribution is -0.136. The van der Waals surface area contributed by atoms with Crippen LogP contribution in [0.4, 0.5) is 0 Å². The number of carbonyl (C=O) groups is 2. The zero-order valence-electron chi connectivity index (χ0n) is 17.0. The third-order valence-corrected chi connectivity index (χ3v) is 6.50. The van der Waals surface area contributed by atoms with Gasteiger partial charge in [-0.05, 0) is 35.4 Å². The van der Waals surface area contributed by atoms with Crippen molar-refractivity contribution in [1.29, 1.82) is 0 Å². The van der Waals surface area contributed by atoms with Gasteiger partial charge in [0.05, 0.1) is 9.90 Å². The maximum Gasteiger partial charge on any atom is 0.338 e. The normalized spacial score (nSPS) is 14.4. The van der Waals surface area contributed by atoms with E-state index in [4.69, 9.17) is 16.3 Å². The van der Waals surface area contributed by atoms with Crippen LogP contribution in [0.5, 0.6) is 0 Å². The summed E-state index contributed by atoms with van der Waals surface area (Å²) >= 11 is 7.57. The molecule has 1 aromatic heterocycles. The van der Waals surface area contributed by atoms with Crippen molar-refractivity contribution >= 4 is 34.8 Å². The Bertz CT molecular complexity index is 1030. The van der Waals surface area contributed by atoms with E-state index in [0.717, 1.165) is 35.1 Å². The van der Waals surface area contributed by atoms with E-state index in [1.54, 1.807) is 28.4 Å². The first kappa shape index (κ1) is 21.6. The number of esters is 1. The fourth-order valence-electron chi connectivity index (χ4n) is 3.54. The van der Waals surface area contributed by atoms with Gasteiger partial charge in [0, 0.05) is 37.6 Å². The van der Waals surface area contributed by atoms with Gasteiger partial charge in [0.25, 0.3) is 5.91 Å². The highest BCUT2D eigenvalue weighted by molar-refractivity contribution is 7.16. The van der Waals surface area contributed by atoms with Crippen LogP contribution in [0.2, 0.25) is 4.34 Å². The Balaban J connectivity index is 1.23. The van der Waals surface area contributed by atoms with E-state index in [2.05, 4.69) is 4.90 Å². The molecule has 0 aliphatic carbocycles. The summed E-state index contributed by atoms with van der Waals surface area (Å²) in [6.07, 6.45) is 0. The van der Waals surface area contributed by atoms with E-state index in [-0.39, 0.29) is 12.5 Å². The van der Waals surface area contributed by atoms with Crippen LogP contribution in [0.3, 0.4) is 0 Å². The summed E-state index contributed by atoms with van der Waals surface area (Å²) in [4.78, 5) is 30.1. The number of rotatable bonds is 6. The van der Waals surface area contributed by atoms with Crippen molar-refractivity contribution in [3.05, 3.63) is 81.5 Å². The summed E-state index contributed by atoms with van der Waals surface area (Å²) < 4.78 is 6.05. The first-order valence-corrected chi connectivity index (χ1v) is 11.3. The van der Waals surface area contributed by atoms with Gasteiger partial charge in [-0.2, -0.15) is 0 Å². The number of carbonyl (C=O) groups excluding carboxylic acids is 2. The van der Waals surface area contributed by atoms with E-state index < -0.39 is 5.97 Å². The lowest BCUT2D eigenvalue weighted by Crippen LogP contribution is -2.49. The molecule has 1 aliphatic rings. The Labute approximate surface area is 190 Å². The molecule has 5 nitrogen and oxygen atoms in total. The molecule has 31 heavy (non-hydrogen) atoms. The molecular weight excluding hydrogens is 432 g/mol. The molecule has 2 heterocycles. The van der Waals surface area contributed by atoms with Crippen LogP contribution in [0.25, 0.3) is 11.1 Å². The van der Waals surface area contributed by atoms with E-state index in [1.807, 2.05) is 54.6 Å². The second kappa shape index (κ2) is 10.1. The largest absolute Gasteiger partial charge is 0.452 e. The Kier molecular flexibility index (Phi) is 7.02. The van der Waals surface area contributed by atoms with Crippen molar-refractivity contribution in [2.75, 3.05) is 32.8 Å². The fourth-order valence-corrected chi connectivity index (χ4v) is 4.67. The first-order chi connectivity index (χ1) is 15.1. The van der Waals surface area contributed by atoms with Gasteiger partial charge in [-0.3, -0.25) is 9.69 Å². The highest BCUT2D eigenvalue weighted by Crippen LogP contribution is 2.23. The molecule has 2 aromatic carbocycles. The zero-order chi connectivity index (χ0) is 21.6. The Morgan fingerprint density at radius 3 is 2.19 bits per heavy atom. The van der Waals surface area contributed by atoms with Crippen molar-refractivity contribution in [1.82, 2.24) is 9.80 Å². The summed E-state index contributed by atoms with van der Waals surface area (Å²) in [6, 6.07) is 21.1. The maximum atomic E-state index is 12.5. The molecule has 4 rings (SSSR count). The van der Waals surface area contributed by atoms with Gasteiger partial charge < -0.3 is 9.64 Å². The smallest absolute Gasteiger partial charge is 0.338 e. The van der Waals surface area contributed by atoms with Gasteiger partial charge in [0.15, 0.2) is 6.61 Å². The van der Waals surface area contributed by atoms with Gasteiger partial charge in [-0.1, -0.05) is 54.1 Å². The van der Waals surface area contributed by atoms with Gasteiger partial charge >= 0.3 is 5.97 Å². The summed E-state index contributed by atoms with van der Waals surface area (Å²) in [5, 5.41) is 0. The van der Waals surface area contributed by atoms with Gasteiger partial charge in [-0.25, -0.2) is 4.79 Å². The molecule has 0 N–H and O–H groups in total. The number of ether oxygens (including phenoxy) is 1.